The van der Waals surface area contributed by atoms with Gasteiger partial charge in [0.2, 0.25) is 0 Å². The summed E-state index contributed by atoms with van der Waals surface area (Å²) in [6, 6.07) is 12.9. The summed E-state index contributed by atoms with van der Waals surface area (Å²) in [7, 11) is 4.99. The van der Waals surface area contributed by atoms with Crippen molar-refractivity contribution in [2.24, 2.45) is 7.05 Å². The minimum atomic E-state index is -0.0518. The highest BCUT2D eigenvalue weighted by Gasteiger charge is 2.21. The number of para-hydroxylation sites is 2. The number of benzene rings is 2. The number of ether oxygens (including phenoxy) is 2. The molecule has 0 unspecified atom stereocenters. The molecule has 0 bridgehead atoms. The maximum absolute atomic E-state index is 12.7. The maximum atomic E-state index is 12.7. The molecule has 2 aromatic carbocycles. The van der Waals surface area contributed by atoms with Gasteiger partial charge in [-0.15, -0.1) is 0 Å². The van der Waals surface area contributed by atoms with Gasteiger partial charge in [0.1, 0.15) is 17.6 Å². The van der Waals surface area contributed by atoms with Crippen LogP contribution < -0.4 is 19.8 Å². The number of ketones is 1. The summed E-state index contributed by atoms with van der Waals surface area (Å²) in [6.45, 7) is 0.155. The Morgan fingerprint density at radius 3 is 2.54 bits per heavy atom. The molecule has 24 heavy (non-hydrogen) atoms. The van der Waals surface area contributed by atoms with Gasteiger partial charge in [0, 0.05) is 5.56 Å². The molecule has 1 aromatic heterocycles. The van der Waals surface area contributed by atoms with Crippen molar-refractivity contribution in [3.05, 3.63) is 48.0 Å². The number of hydrogen-bond donors (Lipinski definition) is 1. The fourth-order valence-corrected chi connectivity index (χ4v) is 2.81. The van der Waals surface area contributed by atoms with Gasteiger partial charge in [-0.25, -0.2) is 9.13 Å². The Kier molecular flexibility index (Phi) is 4.12. The van der Waals surface area contributed by atoms with E-state index < -0.39 is 0 Å². The van der Waals surface area contributed by atoms with E-state index in [1.165, 1.54) is 0 Å². The SMILES string of the molecule is COc1ccc(C(=O)Cn2c(N)[n+](C)c3ccccc32)cc1OC. The molecule has 0 fully saturated rings. The highest BCUT2D eigenvalue weighted by molar-refractivity contribution is 5.97. The number of Topliss-reactive ketones (excluding diaryl/α,β-unsaturated/α-hetero) is 1. The number of hydrogen-bond acceptors (Lipinski definition) is 4. The summed E-state index contributed by atoms with van der Waals surface area (Å²) in [5, 5.41) is 0. The Morgan fingerprint density at radius 2 is 1.83 bits per heavy atom. The van der Waals surface area contributed by atoms with Crippen LogP contribution >= 0.6 is 0 Å². The smallest absolute Gasteiger partial charge is 0.356 e. The summed E-state index contributed by atoms with van der Waals surface area (Å²) in [6.07, 6.45) is 0. The molecule has 124 valence electrons. The summed E-state index contributed by atoms with van der Waals surface area (Å²) in [5.41, 5.74) is 8.63. The van der Waals surface area contributed by atoms with Crippen LogP contribution in [0, 0.1) is 0 Å². The van der Waals surface area contributed by atoms with Crippen LogP contribution in [0.15, 0.2) is 42.5 Å². The van der Waals surface area contributed by atoms with Crippen LogP contribution in [-0.4, -0.2) is 24.6 Å². The second-order valence-electron chi connectivity index (χ2n) is 5.49. The molecule has 0 saturated carbocycles. The molecular weight excluding hydrogens is 306 g/mol. The zero-order chi connectivity index (χ0) is 17.3. The normalized spacial score (nSPS) is 10.8. The molecule has 0 aliphatic carbocycles. The monoisotopic (exact) mass is 326 g/mol. The second kappa shape index (κ2) is 6.23. The third kappa shape index (κ3) is 2.56. The van der Waals surface area contributed by atoms with Crippen LogP contribution in [-0.2, 0) is 13.6 Å². The molecule has 0 spiro atoms. The Labute approximate surface area is 140 Å². The molecular formula is C18H20N3O3+. The van der Waals surface area contributed by atoms with E-state index >= 15 is 0 Å². The molecule has 1 heterocycles. The number of anilines is 1. The summed E-state index contributed by atoms with van der Waals surface area (Å²) >= 11 is 0. The van der Waals surface area contributed by atoms with Crippen molar-refractivity contribution >= 4 is 22.8 Å². The fraction of sp³-hybridized carbons (Fsp3) is 0.222. The van der Waals surface area contributed by atoms with Gasteiger partial charge >= 0.3 is 5.95 Å². The number of imidazole rings is 1. The largest absolute Gasteiger partial charge is 0.493 e. The number of aromatic nitrogens is 2. The third-order valence-corrected chi connectivity index (χ3v) is 4.16. The Hall–Kier alpha value is -3.02. The van der Waals surface area contributed by atoms with E-state index in [0.29, 0.717) is 23.0 Å². The lowest BCUT2D eigenvalue weighted by atomic mass is 10.1. The van der Waals surface area contributed by atoms with E-state index in [-0.39, 0.29) is 12.3 Å². The molecule has 2 N–H and O–H groups in total. The predicted molar refractivity (Wildman–Crippen MR) is 91.4 cm³/mol. The molecule has 6 heteroatoms. The lowest BCUT2D eigenvalue weighted by Gasteiger charge is -2.09. The average molecular weight is 326 g/mol. The number of carbonyl (C=O) groups excluding carboxylic acids is 1. The quantitative estimate of drug-likeness (QED) is 0.575. The van der Waals surface area contributed by atoms with E-state index in [0.717, 1.165) is 11.0 Å². The summed E-state index contributed by atoms with van der Waals surface area (Å²) in [5.74, 6) is 1.60. The van der Waals surface area contributed by atoms with Crippen LogP contribution in [0.4, 0.5) is 5.95 Å². The molecule has 3 aromatic rings. The van der Waals surface area contributed by atoms with E-state index in [9.17, 15) is 4.79 Å². The molecule has 3 rings (SSSR count). The molecule has 0 atom stereocenters. The van der Waals surface area contributed by atoms with Crippen molar-refractivity contribution in [2.45, 2.75) is 6.54 Å². The highest BCUT2D eigenvalue weighted by Crippen LogP contribution is 2.28. The van der Waals surface area contributed by atoms with E-state index in [1.807, 2.05) is 40.4 Å². The number of rotatable bonds is 5. The number of aryl methyl sites for hydroxylation is 1. The van der Waals surface area contributed by atoms with Gasteiger partial charge in [0.25, 0.3) is 0 Å². The molecule has 0 aliphatic heterocycles. The lowest BCUT2D eigenvalue weighted by Crippen LogP contribution is -2.31. The molecule has 6 nitrogen and oxygen atoms in total. The zero-order valence-electron chi connectivity index (χ0n) is 13.9. The minimum Gasteiger partial charge on any atom is -0.493 e. The van der Waals surface area contributed by atoms with Crippen LogP contribution in [0.25, 0.3) is 11.0 Å². The fourth-order valence-electron chi connectivity index (χ4n) is 2.81. The van der Waals surface area contributed by atoms with E-state index in [2.05, 4.69) is 0 Å². The first-order valence-electron chi connectivity index (χ1n) is 7.54. The van der Waals surface area contributed by atoms with Gasteiger partial charge in [0.15, 0.2) is 17.3 Å². The van der Waals surface area contributed by atoms with Crippen LogP contribution in [0.5, 0.6) is 11.5 Å². The number of methoxy groups -OCH3 is 2. The lowest BCUT2D eigenvalue weighted by molar-refractivity contribution is -0.630. The van der Waals surface area contributed by atoms with Crippen molar-refractivity contribution in [1.82, 2.24) is 4.57 Å². The van der Waals surface area contributed by atoms with E-state index in [4.69, 9.17) is 15.2 Å². The van der Waals surface area contributed by atoms with Gasteiger partial charge in [0.05, 0.1) is 21.3 Å². The topological polar surface area (TPSA) is 70.4 Å². The Balaban J connectivity index is 1.98. The molecule has 0 aliphatic rings. The maximum Gasteiger partial charge on any atom is 0.356 e. The summed E-state index contributed by atoms with van der Waals surface area (Å²) < 4.78 is 14.2. The molecule has 0 saturated heterocycles. The van der Waals surface area contributed by atoms with E-state index in [1.54, 1.807) is 32.4 Å². The number of nitrogens with zero attached hydrogens (tertiary/aromatic N) is 2. The van der Waals surface area contributed by atoms with Crippen molar-refractivity contribution in [3.8, 4) is 11.5 Å². The predicted octanol–water partition coefficient (Wildman–Crippen LogP) is 1.95. The van der Waals surface area contributed by atoms with Gasteiger partial charge in [-0.1, -0.05) is 12.1 Å². The van der Waals surface area contributed by atoms with Gasteiger partial charge in [-0.3, -0.25) is 10.5 Å². The first-order chi connectivity index (χ1) is 11.6. The van der Waals surface area contributed by atoms with Crippen LogP contribution in [0.3, 0.4) is 0 Å². The summed E-state index contributed by atoms with van der Waals surface area (Å²) in [4.78, 5) is 12.7. The minimum absolute atomic E-state index is 0.0518. The highest BCUT2D eigenvalue weighted by atomic mass is 16.5. The van der Waals surface area contributed by atoms with Gasteiger partial charge in [-0.05, 0) is 30.3 Å². The number of nitrogens with two attached hydrogens (primary N) is 1. The van der Waals surface area contributed by atoms with Crippen molar-refractivity contribution < 1.29 is 18.8 Å². The first kappa shape index (κ1) is 15.9. The van der Waals surface area contributed by atoms with Gasteiger partial charge < -0.3 is 9.47 Å². The van der Waals surface area contributed by atoms with Crippen molar-refractivity contribution in [1.29, 1.82) is 0 Å². The molecule has 0 radical (unpaired) electrons. The number of nitrogen functional groups attached to an aromatic ring is 1. The van der Waals surface area contributed by atoms with Crippen molar-refractivity contribution in [2.75, 3.05) is 20.0 Å². The third-order valence-electron chi connectivity index (χ3n) is 4.16. The van der Waals surface area contributed by atoms with Gasteiger partial charge in [-0.2, -0.15) is 0 Å². The van der Waals surface area contributed by atoms with Crippen molar-refractivity contribution in [3.63, 3.8) is 0 Å². The van der Waals surface area contributed by atoms with Crippen LogP contribution in [0.2, 0.25) is 0 Å². The van der Waals surface area contributed by atoms with Crippen LogP contribution in [0.1, 0.15) is 10.4 Å². The standard InChI is InChI=1S/C18H19N3O3/c1-20-13-6-4-5-7-14(13)21(18(20)19)11-15(22)12-8-9-16(23-2)17(10-12)24-3/h4-10,19H,11H2,1-3H3/p+1. The number of fused-ring (bicyclic) bond motifs is 1. The Morgan fingerprint density at radius 1 is 1.12 bits per heavy atom. The number of carbonyl (C=O) groups is 1. The molecule has 0 amide bonds. The second-order valence-corrected chi connectivity index (χ2v) is 5.49. The first-order valence-corrected chi connectivity index (χ1v) is 7.54. The Bertz CT molecular complexity index is 915. The zero-order valence-corrected chi connectivity index (χ0v) is 13.9. The average Bonchev–Trinajstić information content (AvgIpc) is 2.86.